The van der Waals surface area contributed by atoms with Crippen LogP contribution in [0.2, 0.25) is 0 Å². The SMILES string of the molecule is C=C(/C=C\C)S(=O)(=O)n1c(/C=C\CC)c(C)c2coc(-c3ccccc3)c21. The zero-order chi connectivity index (χ0) is 19.6. The van der Waals surface area contributed by atoms with E-state index in [0.717, 1.165) is 22.9 Å². The van der Waals surface area contributed by atoms with Crippen LogP contribution in [-0.4, -0.2) is 12.4 Å². The molecule has 0 aliphatic heterocycles. The molecule has 3 rings (SSSR count). The second-order valence-electron chi connectivity index (χ2n) is 6.25. The summed E-state index contributed by atoms with van der Waals surface area (Å²) in [6, 6.07) is 9.51. The molecule has 4 nitrogen and oxygen atoms in total. The number of furan rings is 1. The molecule has 140 valence electrons. The van der Waals surface area contributed by atoms with Crippen LogP contribution in [0, 0.1) is 6.92 Å². The molecular formula is C22H23NO3S. The molecule has 0 fully saturated rings. The Labute approximate surface area is 160 Å². The molecule has 0 aliphatic carbocycles. The van der Waals surface area contributed by atoms with Crippen LogP contribution >= 0.6 is 0 Å². The first-order chi connectivity index (χ1) is 12.9. The monoisotopic (exact) mass is 381 g/mol. The molecule has 2 aromatic heterocycles. The molecule has 0 atom stereocenters. The van der Waals surface area contributed by atoms with E-state index in [1.54, 1.807) is 19.3 Å². The quantitative estimate of drug-likeness (QED) is 0.499. The van der Waals surface area contributed by atoms with E-state index in [4.69, 9.17) is 4.42 Å². The van der Waals surface area contributed by atoms with E-state index in [-0.39, 0.29) is 4.91 Å². The van der Waals surface area contributed by atoms with Crippen molar-refractivity contribution < 1.29 is 12.8 Å². The Kier molecular flexibility index (Phi) is 5.24. The number of nitrogens with zero attached hydrogens (tertiary/aromatic N) is 1. The van der Waals surface area contributed by atoms with Gasteiger partial charge in [0.1, 0.15) is 11.8 Å². The highest BCUT2D eigenvalue weighted by Gasteiger charge is 2.28. The van der Waals surface area contributed by atoms with Crippen LogP contribution in [0.4, 0.5) is 0 Å². The summed E-state index contributed by atoms with van der Waals surface area (Å²) in [4.78, 5) is 0.0354. The predicted octanol–water partition coefficient (Wildman–Crippen LogP) is 5.90. The van der Waals surface area contributed by atoms with E-state index >= 15 is 0 Å². The number of aromatic nitrogens is 1. The van der Waals surface area contributed by atoms with Crippen molar-refractivity contribution in [2.45, 2.75) is 27.2 Å². The highest BCUT2D eigenvalue weighted by molar-refractivity contribution is 7.94. The normalized spacial score (nSPS) is 12.6. The van der Waals surface area contributed by atoms with E-state index < -0.39 is 10.0 Å². The molecule has 0 amide bonds. The number of allylic oxidation sites excluding steroid dienone is 3. The molecule has 0 saturated heterocycles. The molecular weight excluding hydrogens is 358 g/mol. The smallest absolute Gasteiger partial charge is 0.268 e. The summed E-state index contributed by atoms with van der Waals surface area (Å²) < 4.78 is 33.9. The second kappa shape index (κ2) is 7.45. The van der Waals surface area contributed by atoms with Gasteiger partial charge in [-0.25, -0.2) is 12.4 Å². The lowest BCUT2D eigenvalue weighted by Gasteiger charge is -2.11. The second-order valence-corrected chi connectivity index (χ2v) is 8.09. The van der Waals surface area contributed by atoms with Gasteiger partial charge in [0.15, 0.2) is 5.76 Å². The van der Waals surface area contributed by atoms with E-state index in [1.165, 1.54) is 10.0 Å². The minimum atomic E-state index is -3.84. The minimum Gasteiger partial charge on any atom is -0.461 e. The Morgan fingerprint density at radius 2 is 1.96 bits per heavy atom. The summed E-state index contributed by atoms with van der Waals surface area (Å²) in [7, 11) is -3.84. The third-order valence-corrected chi connectivity index (χ3v) is 6.11. The van der Waals surface area contributed by atoms with Crippen LogP contribution in [0.15, 0.2) is 70.7 Å². The van der Waals surface area contributed by atoms with Gasteiger partial charge in [0, 0.05) is 10.9 Å². The Morgan fingerprint density at radius 3 is 2.59 bits per heavy atom. The van der Waals surface area contributed by atoms with Crippen LogP contribution in [0.1, 0.15) is 31.5 Å². The van der Waals surface area contributed by atoms with Crippen molar-refractivity contribution in [1.82, 2.24) is 3.97 Å². The van der Waals surface area contributed by atoms with Gasteiger partial charge in [-0.2, -0.15) is 0 Å². The summed E-state index contributed by atoms with van der Waals surface area (Å²) in [5.74, 6) is 0.529. The van der Waals surface area contributed by atoms with Crippen molar-refractivity contribution in [3.63, 3.8) is 0 Å². The summed E-state index contributed by atoms with van der Waals surface area (Å²) in [5, 5.41) is 0.779. The van der Waals surface area contributed by atoms with E-state index in [0.29, 0.717) is 17.0 Å². The maximum Gasteiger partial charge on any atom is 0.268 e. The van der Waals surface area contributed by atoms with Crippen LogP contribution in [0.3, 0.4) is 0 Å². The Balaban J connectivity index is 2.43. The average Bonchev–Trinajstić information content (AvgIpc) is 3.20. The van der Waals surface area contributed by atoms with Crippen LogP contribution in [0.25, 0.3) is 28.3 Å². The zero-order valence-corrected chi connectivity index (χ0v) is 16.6. The number of aryl methyl sites for hydroxylation is 1. The summed E-state index contributed by atoms with van der Waals surface area (Å²) in [5.41, 5.74) is 2.85. The fourth-order valence-electron chi connectivity index (χ4n) is 3.09. The van der Waals surface area contributed by atoms with Gasteiger partial charge in [0.2, 0.25) is 0 Å². The summed E-state index contributed by atoms with van der Waals surface area (Å²) in [6.45, 7) is 9.45. The van der Waals surface area contributed by atoms with Crippen LogP contribution < -0.4 is 0 Å². The Hall–Kier alpha value is -2.79. The highest BCUT2D eigenvalue weighted by Crippen LogP contribution is 2.38. The molecule has 0 unspecified atom stereocenters. The fourth-order valence-corrected chi connectivity index (χ4v) is 4.51. The first-order valence-electron chi connectivity index (χ1n) is 8.85. The highest BCUT2D eigenvalue weighted by atomic mass is 32.2. The third kappa shape index (κ3) is 3.19. The van der Waals surface area contributed by atoms with Crippen molar-refractivity contribution in [3.05, 3.63) is 77.6 Å². The molecule has 0 bridgehead atoms. The standard InChI is InChI=1S/C22H23NO3S/c1-5-7-14-20-17(4)19-15-26-22(18-12-9-8-10-13-18)21(19)23(20)27(24,25)16(3)11-6-2/h6-15H,3,5H2,1-2,4H3/b11-6-,14-7-. The predicted molar refractivity (Wildman–Crippen MR) is 112 cm³/mol. The van der Waals surface area contributed by atoms with Crippen molar-refractivity contribution in [1.29, 1.82) is 0 Å². The van der Waals surface area contributed by atoms with Gasteiger partial charge in [-0.3, -0.25) is 0 Å². The molecule has 3 aromatic rings. The molecule has 2 heterocycles. The van der Waals surface area contributed by atoms with Crippen molar-refractivity contribution in [2.24, 2.45) is 0 Å². The largest absolute Gasteiger partial charge is 0.461 e. The molecule has 0 saturated carbocycles. The number of benzene rings is 1. The Bertz CT molecular complexity index is 1140. The first-order valence-corrected chi connectivity index (χ1v) is 10.3. The number of fused-ring (bicyclic) bond motifs is 1. The maximum atomic E-state index is 13.4. The minimum absolute atomic E-state index is 0.0354. The molecule has 0 N–H and O–H groups in total. The number of rotatable bonds is 6. The van der Waals surface area contributed by atoms with Gasteiger partial charge < -0.3 is 4.42 Å². The van der Waals surface area contributed by atoms with Crippen LogP contribution in [-0.2, 0) is 10.0 Å². The zero-order valence-electron chi connectivity index (χ0n) is 15.8. The van der Waals surface area contributed by atoms with Crippen LogP contribution in [0.5, 0.6) is 0 Å². The Morgan fingerprint density at radius 1 is 1.26 bits per heavy atom. The lowest BCUT2D eigenvalue weighted by Crippen LogP contribution is -2.15. The van der Waals surface area contributed by atoms with E-state index in [1.807, 2.05) is 56.3 Å². The average molecular weight is 381 g/mol. The molecule has 27 heavy (non-hydrogen) atoms. The molecule has 5 heteroatoms. The van der Waals surface area contributed by atoms with Crippen molar-refractivity contribution in [3.8, 4) is 11.3 Å². The molecule has 0 aliphatic rings. The number of hydrogen-bond donors (Lipinski definition) is 0. The fraction of sp³-hybridized carbons (Fsp3) is 0.182. The van der Waals surface area contributed by atoms with Crippen molar-refractivity contribution in [2.75, 3.05) is 0 Å². The van der Waals surface area contributed by atoms with E-state index in [2.05, 4.69) is 6.58 Å². The van der Waals surface area contributed by atoms with Gasteiger partial charge in [0.25, 0.3) is 10.0 Å². The summed E-state index contributed by atoms with van der Waals surface area (Å²) in [6.07, 6.45) is 9.41. The lowest BCUT2D eigenvalue weighted by molar-refractivity contribution is 0.582. The molecule has 0 spiro atoms. The van der Waals surface area contributed by atoms with Gasteiger partial charge in [-0.1, -0.05) is 56.0 Å². The maximum absolute atomic E-state index is 13.4. The van der Waals surface area contributed by atoms with E-state index in [9.17, 15) is 8.42 Å². The summed E-state index contributed by atoms with van der Waals surface area (Å²) >= 11 is 0. The third-order valence-electron chi connectivity index (χ3n) is 4.45. The molecule has 1 aromatic carbocycles. The van der Waals surface area contributed by atoms with Crippen molar-refractivity contribution >= 4 is 27.0 Å². The van der Waals surface area contributed by atoms with Gasteiger partial charge in [0.05, 0.1) is 10.6 Å². The number of hydrogen-bond acceptors (Lipinski definition) is 3. The lowest BCUT2D eigenvalue weighted by atomic mass is 10.1. The molecule has 0 radical (unpaired) electrons. The van der Waals surface area contributed by atoms with Gasteiger partial charge in [-0.05, 0) is 38.0 Å². The topological polar surface area (TPSA) is 52.2 Å². The van der Waals surface area contributed by atoms with Gasteiger partial charge >= 0.3 is 0 Å². The first kappa shape index (κ1) is 19.0. The van der Waals surface area contributed by atoms with Gasteiger partial charge in [-0.15, -0.1) is 0 Å².